The number of hydrogen-bond acceptors (Lipinski definition) is 25. The van der Waals surface area contributed by atoms with E-state index in [9.17, 15) is 25.2 Å². The molecule has 2 saturated carbocycles. The van der Waals surface area contributed by atoms with Gasteiger partial charge in [-0.3, -0.25) is 0 Å². The van der Waals surface area contributed by atoms with Crippen molar-refractivity contribution in [3.63, 3.8) is 0 Å². The van der Waals surface area contributed by atoms with Crippen LogP contribution < -0.4 is 35.1 Å². The van der Waals surface area contributed by atoms with E-state index in [0.717, 1.165) is 127 Å². The number of nitrogens with one attached hydrogen (secondary N) is 3. The number of benzene rings is 3. The Morgan fingerprint density at radius 1 is 0.533 bits per heavy atom. The number of aromatic nitrogens is 9. The Bertz CT molecular complexity index is 4290. The number of amides is 1. The van der Waals surface area contributed by atoms with Crippen molar-refractivity contribution in [3.8, 4) is 90.9 Å². The van der Waals surface area contributed by atoms with E-state index >= 15 is 0 Å². The number of anilines is 1. The van der Waals surface area contributed by atoms with Crippen LogP contribution in [-0.4, -0.2) is 188 Å². The van der Waals surface area contributed by atoms with Crippen LogP contribution in [0.1, 0.15) is 134 Å². The highest BCUT2D eigenvalue weighted by atomic mass is 16.6. The molecule has 0 spiro atoms. The second kappa shape index (κ2) is 38.9. The summed E-state index contributed by atoms with van der Waals surface area (Å²) in [4.78, 5) is 45.8. The van der Waals surface area contributed by atoms with E-state index in [1.165, 1.54) is 70.3 Å². The molecule has 3 fully saturated rings. The van der Waals surface area contributed by atoms with E-state index in [-0.39, 0.29) is 31.7 Å². The molecular formula is C81H108N14O12. The zero-order valence-electron chi connectivity index (χ0n) is 64.3. The molecule has 26 nitrogen and oxygen atoms in total. The lowest BCUT2D eigenvalue weighted by molar-refractivity contribution is 0.105. The Morgan fingerprint density at radius 3 is 1.51 bits per heavy atom. The largest absolute Gasteiger partial charge is 0.508 e. The van der Waals surface area contributed by atoms with Gasteiger partial charge < -0.3 is 78.7 Å². The maximum atomic E-state index is 12.2. The third-order valence-corrected chi connectivity index (χ3v) is 19.8. The van der Waals surface area contributed by atoms with Gasteiger partial charge in [-0.2, -0.15) is 0 Å². The summed E-state index contributed by atoms with van der Waals surface area (Å²) < 4.78 is 38.9. The lowest BCUT2D eigenvalue weighted by atomic mass is 9.85. The van der Waals surface area contributed by atoms with Crippen LogP contribution in [0.3, 0.4) is 0 Å². The number of piperazine rings is 1. The normalized spacial score (nSPS) is 15.1. The fourth-order valence-corrected chi connectivity index (χ4v) is 14.2. The Morgan fingerprint density at radius 2 is 1.01 bits per heavy atom. The zero-order valence-corrected chi connectivity index (χ0v) is 64.3. The summed E-state index contributed by atoms with van der Waals surface area (Å²) in [7, 11) is 5.36. The van der Waals surface area contributed by atoms with Crippen LogP contribution in [0.4, 0.5) is 10.6 Å². The van der Waals surface area contributed by atoms with Crippen molar-refractivity contribution in [2.24, 2.45) is 11.8 Å². The average molecular weight is 1470 g/mol. The van der Waals surface area contributed by atoms with E-state index in [1.54, 1.807) is 45.1 Å². The van der Waals surface area contributed by atoms with Crippen molar-refractivity contribution in [1.29, 1.82) is 0 Å². The third kappa shape index (κ3) is 21.7. The van der Waals surface area contributed by atoms with Gasteiger partial charge in [0.05, 0.1) is 57.5 Å². The van der Waals surface area contributed by atoms with E-state index in [2.05, 4.69) is 49.3 Å². The molecule has 6 aromatic heterocycles. The summed E-state index contributed by atoms with van der Waals surface area (Å²) in [6, 6.07) is 22.3. The highest BCUT2D eigenvalue weighted by Gasteiger charge is 2.29. The number of rotatable bonds is 28. The maximum absolute atomic E-state index is 12.2. The molecule has 3 atom stereocenters. The number of carbonyl (C=O) groups excluding carboxylic acids is 1. The van der Waals surface area contributed by atoms with Gasteiger partial charge in [-0.25, -0.2) is 34.7 Å². The molecular weight excluding hydrogens is 1360 g/mol. The third-order valence-electron chi connectivity index (χ3n) is 19.8. The summed E-state index contributed by atoms with van der Waals surface area (Å²) in [6.07, 6.45) is 13.9. The minimum absolute atomic E-state index is 0.0532. The lowest BCUT2D eigenvalue weighted by Crippen LogP contribution is -2.49. The summed E-state index contributed by atoms with van der Waals surface area (Å²) in [5.74, 6) is 7.88. The highest BCUT2D eigenvalue weighted by molar-refractivity contribution is 5.76. The van der Waals surface area contributed by atoms with Crippen molar-refractivity contribution in [2.45, 2.75) is 164 Å². The summed E-state index contributed by atoms with van der Waals surface area (Å²) >= 11 is 0. The number of phenols is 1. The average Bonchev–Trinajstić information content (AvgIpc) is 1.77. The van der Waals surface area contributed by atoms with Gasteiger partial charge in [0, 0.05) is 85.5 Å². The minimum atomic E-state index is -0.658. The first-order valence-electron chi connectivity index (χ1n) is 37.7. The van der Waals surface area contributed by atoms with E-state index in [1.807, 2.05) is 97.0 Å². The molecule has 2 aliphatic carbocycles. The molecule has 0 bridgehead atoms. The summed E-state index contributed by atoms with van der Waals surface area (Å²) in [5.41, 5.74) is 13.8. The van der Waals surface area contributed by atoms with Gasteiger partial charge in [0.2, 0.25) is 0 Å². The van der Waals surface area contributed by atoms with Crippen LogP contribution in [-0.2, 0) is 17.6 Å². The Kier molecular flexibility index (Phi) is 29.1. The van der Waals surface area contributed by atoms with Crippen LogP contribution in [0, 0.1) is 67.2 Å². The van der Waals surface area contributed by atoms with E-state index < -0.39 is 18.3 Å². The SMILES string of the molecule is CCOC(=O)N1CCN(c2nc(-c3cccc(OCC(O)CNC)c3)nc(-c3c(C)noc3C)c2C)CC1.CNCC(O)COc1cc(O)cc(-c2nc(CC3CCCCC3)c(C)c(-c3c(C)noc3C)n2)c1.CNCC(O)COc1cccc(-c2nc(CCC3CCCCC3)cc(-c3c(C)noc3C)n2)c1. The quantitative estimate of drug-likeness (QED) is 0.0239. The smallest absolute Gasteiger partial charge is 0.409 e. The second-order valence-corrected chi connectivity index (χ2v) is 28.2. The molecule has 3 aliphatic rings. The summed E-state index contributed by atoms with van der Waals surface area (Å²) in [6.45, 7) is 21.8. The Labute approximate surface area is 627 Å². The van der Waals surface area contributed by atoms with Gasteiger partial charge in [0.25, 0.3) is 0 Å². The number of ether oxygens (including phenoxy) is 4. The van der Waals surface area contributed by atoms with Crippen LogP contribution in [0.5, 0.6) is 23.0 Å². The number of aryl methyl sites for hydroxylation is 7. The molecule has 107 heavy (non-hydrogen) atoms. The molecule has 3 unspecified atom stereocenters. The number of likely N-dealkylation sites (N-methyl/N-ethyl adjacent to an activating group) is 3. The Balaban J connectivity index is 0.000000172. The fraction of sp³-hybridized carbons (Fsp3) is 0.506. The van der Waals surface area contributed by atoms with Crippen LogP contribution in [0.2, 0.25) is 0 Å². The van der Waals surface area contributed by atoms with Crippen molar-refractivity contribution in [1.82, 2.24) is 66.2 Å². The van der Waals surface area contributed by atoms with Crippen molar-refractivity contribution >= 4 is 11.9 Å². The van der Waals surface area contributed by atoms with Gasteiger partial charge in [0.1, 0.15) is 84.2 Å². The van der Waals surface area contributed by atoms with Gasteiger partial charge in [-0.1, -0.05) is 104 Å². The number of aliphatic hydroxyl groups is 3. The number of aromatic hydroxyl groups is 1. The molecule has 1 saturated heterocycles. The van der Waals surface area contributed by atoms with Crippen molar-refractivity contribution in [2.75, 3.05) is 98.3 Å². The molecule has 12 rings (SSSR count). The van der Waals surface area contributed by atoms with Gasteiger partial charge in [0.15, 0.2) is 17.5 Å². The van der Waals surface area contributed by atoms with Crippen LogP contribution in [0.25, 0.3) is 67.9 Å². The molecule has 0 radical (unpaired) electrons. The Hall–Kier alpha value is -9.44. The molecule has 3 aromatic carbocycles. The topological polar surface area (TPSA) is 333 Å². The molecule has 1 aliphatic heterocycles. The highest BCUT2D eigenvalue weighted by Crippen LogP contribution is 2.39. The van der Waals surface area contributed by atoms with Gasteiger partial charge >= 0.3 is 6.09 Å². The molecule has 9 aromatic rings. The predicted octanol–water partition coefficient (Wildman–Crippen LogP) is 12.4. The number of hydrogen-bond donors (Lipinski definition) is 7. The number of aliphatic hydroxyl groups excluding tert-OH is 3. The minimum Gasteiger partial charge on any atom is -0.508 e. The fourth-order valence-electron chi connectivity index (χ4n) is 14.2. The monoisotopic (exact) mass is 1470 g/mol. The zero-order chi connectivity index (χ0) is 76.1. The van der Waals surface area contributed by atoms with Gasteiger partial charge in [-0.15, -0.1) is 0 Å². The predicted molar refractivity (Wildman–Crippen MR) is 411 cm³/mol. The van der Waals surface area contributed by atoms with Gasteiger partial charge in [-0.05, 0) is 163 Å². The number of nitrogens with zero attached hydrogens (tertiary/aromatic N) is 11. The molecule has 574 valence electrons. The molecule has 7 heterocycles. The molecule has 26 heteroatoms. The summed E-state index contributed by atoms with van der Waals surface area (Å²) in [5, 5.41) is 61.6. The van der Waals surface area contributed by atoms with Crippen LogP contribution in [0.15, 0.2) is 86.4 Å². The van der Waals surface area contributed by atoms with E-state index in [4.69, 9.17) is 62.4 Å². The number of carbonyl (C=O) groups is 1. The van der Waals surface area contributed by atoms with E-state index in [0.29, 0.717) is 104 Å². The second-order valence-electron chi connectivity index (χ2n) is 28.2. The van der Waals surface area contributed by atoms with Crippen molar-refractivity contribution < 1.29 is 57.7 Å². The maximum Gasteiger partial charge on any atom is 0.409 e. The first kappa shape index (κ1) is 80.1. The first-order chi connectivity index (χ1) is 51.7. The standard InChI is InChI=1S/C27H36N6O5.C27H36N4O4.C27H36N4O3/c1-6-36-27(35)33-12-10-32(11-13-33)26-17(2)24(23-18(3)31-38-19(23)4)29-25(30-26)20-8-7-9-22(14-20)37-16-21(34)15-28-5;1-16-24(10-19-8-6-5-7-9-19)29-27(30-26(16)25-17(2)31-35-18(25)3)20-11-21(32)13-23(12-20)34-15-22(33)14-28-4;1-18-26(19(2)34-31-18)25-15-22(13-12-20-8-5-4-6-9-20)29-27(30-25)21-10-7-11-24(14-21)33-17-23(32)16-28-3/h7-9,14,21,28,34H,6,10-13,15-16H2,1-5H3;11-13,19,22,28,32-33H,5-10,14-15H2,1-4H3;7,10-11,14-15,20,23,28,32H,4-6,8-9,12-13,16-17H2,1-3H3. The number of phenolic OH excluding ortho intramolecular Hbond substituents is 1. The van der Waals surface area contributed by atoms with Crippen molar-refractivity contribution in [3.05, 3.63) is 130 Å². The first-order valence-corrected chi connectivity index (χ1v) is 37.7. The lowest BCUT2D eigenvalue weighted by Gasteiger charge is -2.35. The van der Waals surface area contributed by atoms with Crippen LogP contribution >= 0.6 is 0 Å². The molecule has 7 N–H and O–H groups in total. The molecule has 1 amide bonds.